The highest BCUT2D eigenvalue weighted by Gasteiger charge is 2.54. The summed E-state index contributed by atoms with van der Waals surface area (Å²) in [5.74, 6) is 3.38. The maximum absolute atomic E-state index is 12.9. The van der Waals surface area contributed by atoms with E-state index in [1.54, 1.807) is 0 Å². The molecule has 7 unspecified atom stereocenters. The van der Waals surface area contributed by atoms with Crippen LogP contribution in [-0.2, 0) is 9.53 Å². The predicted octanol–water partition coefficient (Wildman–Crippen LogP) is 4.63. The highest BCUT2D eigenvalue weighted by molar-refractivity contribution is 5.71. The van der Waals surface area contributed by atoms with E-state index < -0.39 is 5.60 Å². The molecule has 1 N–H and O–H groups in total. The van der Waals surface area contributed by atoms with E-state index in [0.29, 0.717) is 17.8 Å². The average Bonchev–Trinajstić information content (AvgIpc) is 3.38. The van der Waals surface area contributed by atoms with E-state index in [1.165, 1.54) is 38.5 Å². The Hall–Kier alpha value is -0.830. The first-order valence-corrected chi connectivity index (χ1v) is 11.1. The zero-order valence-electron chi connectivity index (χ0n) is 16.2. The Balaban J connectivity index is 1.27. The quantitative estimate of drug-likeness (QED) is 0.576. The van der Waals surface area contributed by atoms with Gasteiger partial charge in [0.05, 0.1) is 12.0 Å². The lowest BCUT2D eigenvalue weighted by Crippen LogP contribution is -2.45. The maximum Gasteiger partial charge on any atom is 0.309 e. The van der Waals surface area contributed by atoms with Crippen LogP contribution in [0.1, 0.15) is 77.6 Å². The number of allylic oxidation sites excluding steroid dienone is 2. The van der Waals surface area contributed by atoms with Gasteiger partial charge in [0.25, 0.3) is 0 Å². The summed E-state index contributed by atoms with van der Waals surface area (Å²) in [5, 5.41) is 11.1. The first-order chi connectivity index (χ1) is 12.5. The van der Waals surface area contributed by atoms with E-state index in [-0.39, 0.29) is 23.9 Å². The first-order valence-electron chi connectivity index (χ1n) is 11.1. The summed E-state index contributed by atoms with van der Waals surface area (Å²) in [4.78, 5) is 12.9. The van der Waals surface area contributed by atoms with Crippen molar-refractivity contribution in [3.63, 3.8) is 0 Å². The first kappa shape index (κ1) is 17.3. The van der Waals surface area contributed by atoms with E-state index in [4.69, 9.17) is 4.74 Å². The highest BCUT2D eigenvalue weighted by Crippen LogP contribution is 2.57. The van der Waals surface area contributed by atoms with Gasteiger partial charge < -0.3 is 9.84 Å². The molecule has 5 aliphatic rings. The molecular weight excluding hydrogens is 324 g/mol. The zero-order chi connectivity index (χ0) is 17.9. The van der Waals surface area contributed by atoms with Gasteiger partial charge in [-0.3, -0.25) is 4.79 Å². The number of hydrogen-bond donors (Lipinski definition) is 1. The van der Waals surface area contributed by atoms with Gasteiger partial charge in [0.15, 0.2) is 0 Å². The van der Waals surface area contributed by atoms with Gasteiger partial charge in [0.2, 0.25) is 0 Å². The summed E-state index contributed by atoms with van der Waals surface area (Å²) in [5.41, 5.74) is -1.14. The van der Waals surface area contributed by atoms with Crippen LogP contribution in [0.2, 0.25) is 0 Å². The van der Waals surface area contributed by atoms with Crippen LogP contribution in [0.15, 0.2) is 12.2 Å². The second-order valence-corrected chi connectivity index (χ2v) is 10.4. The number of carbonyl (C=O) groups excluding carboxylic acids is 1. The summed E-state index contributed by atoms with van der Waals surface area (Å²) in [6.45, 7) is 1.87. The zero-order valence-corrected chi connectivity index (χ0v) is 16.2. The molecule has 0 heterocycles. The summed E-state index contributed by atoms with van der Waals surface area (Å²) in [6, 6.07) is 0. The Labute approximate surface area is 157 Å². The Morgan fingerprint density at radius 3 is 2.54 bits per heavy atom. The van der Waals surface area contributed by atoms with Crippen molar-refractivity contribution in [1.29, 1.82) is 0 Å². The van der Waals surface area contributed by atoms with E-state index >= 15 is 0 Å². The Morgan fingerprint density at radius 1 is 1.15 bits per heavy atom. The van der Waals surface area contributed by atoms with Crippen molar-refractivity contribution in [2.45, 2.75) is 88.8 Å². The molecule has 0 aromatic rings. The van der Waals surface area contributed by atoms with Crippen LogP contribution >= 0.6 is 0 Å². The van der Waals surface area contributed by atoms with Crippen molar-refractivity contribution in [1.82, 2.24) is 0 Å². The molecule has 0 aromatic carbocycles. The molecule has 5 rings (SSSR count). The third-order valence-electron chi connectivity index (χ3n) is 8.76. The van der Waals surface area contributed by atoms with Gasteiger partial charge in [-0.25, -0.2) is 0 Å². The summed E-state index contributed by atoms with van der Waals surface area (Å²) >= 11 is 0. The van der Waals surface area contributed by atoms with Crippen molar-refractivity contribution in [3.05, 3.63) is 12.2 Å². The number of aliphatic hydroxyl groups is 1. The van der Waals surface area contributed by atoms with Crippen molar-refractivity contribution < 1.29 is 14.6 Å². The van der Waals surface area contributed by atoms with Crippen molar-refractivity contribution in [3.8, 4) is 0 Å². The minimum atomic E-state index is -0.935. The number of fused-ring (bicyclic) bond motifs is 4. The molecule has 0 aromatic heterocycles. The third kappa shape index (κ3) is 2.77. The fourth-order valence-corrected chi connectivity index (χ4v) is 7.59. The lowest BCUT2D eigenvalue weighted by molar-refractivity contribution is -0.175. The minimum absolute atomic E-state index is 0.147. The molecular formula is C23H34O3. The normalized spacial score (nSPS) is 44.5. The predicted molar refractivity (Wildman–Crippen MR) is 100 cm³/mol. The lowest BCUT2D eigenvalue weighted by atomic mass is 9.74. The van der Waals surface area contributed by atoms with E-state index in [0.717, 1.165) is 37.5 Å². The van der Waals surface area contributed by atoms with Gasteiger partial charge in [-0.2, -0.15) is 0 Å². The number of rotatable bonds is 5. The molecule has 7 atom stereocenters. The molecule has 3 heteroatoms. The smallest absolute Gasteiger partial charge is 0.309 e. The monoisotopic (exact) mass is 358 g/mol. The van der Waals surface area contributed by atoms with Crippen LogP contribution in [0.3, 0.4) is 0 Å². The fourth-order valence-electron chi connectivity index (χ4n) is 7.59. The van der Waals surface area contributed by atoms with Crippen molar-refractivity contribution in [2.24, 2.45) is 35.5 Å². The summed E-state index contributed by atoms with van der Waals surface area (Å²) in [6.07, 6.45) is 16.7. The molecule has 4 fully saturated rings. The second-order valence-electron chi connectivity index (χ2n) is 10.4. The van der Waals surface area contributed by atoms with E-state index in [9.17, 15) is 9.90 Å². The van der Waals surface area contributed by atoms with E-state index in [2.05, 4.69) is 12.2 Å². The van der Waals surface area contributed by atoms with Crippen LogP contribution in [0.25, 0.3) is 0 Å². The van der Waals surface area contributed by atoms with Crippen LogP contribution in [0.4, 0.5) is 0 Å². The largest absolute Gasteiger partial charge is 0.459 e. The van der Waals surface area contributed by atoms with Gasteiger partial charge in [0.1, 0.15) is 5.60 Å². The fraction of sp³-hybridized carbons (Fsp3) is 0.870. The number of esters is 1. The Bertz CT molecular complexity index is 601. The molecule has 5 aliphatic carbocycles. The van der Waals surface area contributed by atoms with Gasteiger partial charge in [-0.1, -0.05) is 18.6 Å². The molecule has 26 heavy (non-hydrogen) atoms. The van der Waals surface area contributed by atoms with Crippen LogP contribution in [0, 0.1) is 35.5 Å². The van der Waals surface area contributed by atoms with Crippen molar-refractivity contribution in [2.75, 3.05) is 0 Å². The molecule has 144 valence electrons. The minimum Gasteiger partial charge on any atom is -0.459 e. The van der Waals surface area contributed by atoms with Crippen LogP contribution < -0.4 is 0 Å². The molecule has 0 spiro atoms. The highest BCUT2D eigenvalue weighted by atomic mass is 16.6. The average molecular weight is 359 g/mol. The van der Waals surface area contributed by atoms with Crippen LogP contribution in [-0.4, -0.2) is 22.3 Å². The molecule has 0 aliphatic heterocycles. The SMILES string of the molecule is CC(O)(CC(=O)OC1(C2CC3CCC2C3)CCCC1)C1CC2C=CC1C2. The lowest BCUT2D eigenvalue weighted by Gasteiger charge is -2.41. The maximum atomic E-state index is 12.9. The number of ether oxygens (including phenoxy) is 1. The van der Waals surface area contributed by atoms with Gasteiger partial charge in [-0.15, -0.1) is 0 Å². The molecule has 4 bridgehead atoms. The Morgan fingerprint density at radius 2 is 1.96 bits per heavy atom. The third-order valence-corrected chi connectivity index (χ3v) is 8.76. The van der Waals surface area contributed by atoms with Gasteiger partial charge in [-0.05, 0) is 94.3 Å². The number of hydrogen-bond acceptors (Lipinski definition) is 3. The summed E-state index contributed by atoms with van der Waals surface area (Å²) < 4.78 is 6.29. The summed E-state index contributed by atoms with van der Waals surface area (Å²) in [7, 11) is 0. The molecule has 0 saturated heterocycles. The van der Waals surface area contributed by atoms with Gasteiger partial charge in [0, 0.05) is 5.92 Å². The molecule has 4 saturated carbocycles. The second kappa shape index (κ2) is 6.09. The van der Waals surface area contributed by atoms with Gasteiger partial charge >= 0.3 is 5.97 Å². The van der Waals surface area contributed by atoms with Crippen molar-refractivity contribution >= 4 is 5.97 Å². The molecule has 0 amide bonds. The molecule has 0 radical (unpaired) electrons. The molecule has 3 nitrogen and oxygen atoms in total. The number of carbonyl (C=O) groups is 1. The topological polar surface area (TPSA) is 46.5 Å². The standard InChI is InChI=1S/C23H34O3/c1-22(25,19-12-15-4-6-17(19)10-15)14-21(24)26-23(8-2-3-9-23)20-13-16-5-7-18(20)11-16/h4,6,15-20,25H,2-3,5,7-14H2,1H3. The van der Waals surface area contributed by atoms with E-state index in [1.807, 2.05) is 6.92 Å². The Kier molecular flexibility index (Phi) is 4.05. The van der Waals surface area contributed by atoms with Crippen LogP contribution in [0.5, 0.6) is 0 Å².